The fourth-order valence-electron chi connectivity index (χ4n) is 2.97. The summed E-state index contributed by atoms with van der Waals surface area (Å²) < 4.78 is 9.85. The van der Waals surface area contributed by atoms with Gasteiger partial charge in [-0.25, -0.2) is 0 Å². The molecule has 0 aliphatic heterocycles. The highest BCUT2D eigenvalue weighted by atomic mass is 16.6. The Morgan fingerprint density at radius 2 is 1.50 bits per heavy atom. The van der Waals surface area contributed by atoms with Crippen molar-refractivity contribution in [3.63, 3.8) is 0 Å². The number of aliphatic hydroxyl groups excluding tert-OH is 1. The van der Waals surface area contributed by atoms with Gasteiger partial charge in [0.05, 0.1) is 12.7 Å². The van der Waals surface area contributed by atoms with E-state index in [0.29, 0.717) is 26.1 Å². The molecule has 0 aromatic rings. The Labute approximate surface area is 171 Å². The second-order valence-electron chi connectivity index (χ2n) is 7.54. The molecule has 0 unspecified atom stereocenters. The Morgan fingerprint density at radius 3 is 2.21 bits per heavy atom. The molecule has 28 heavy (non-hydrogen) atoms. The van der Waals surface area contributed by atoms with E-state index in [-0.39, 0.29) is 17.9 Å². The van der Waals surface area contributed by atoms with Crippen LogP contribution in [-0.4, -0.2) is 43.3 Å². The zero-order valence-electron chi connectivity index (χ0n) is 18.1. The molecule has 5 nitrogen and oxygen atoms in total. The lowest BCUT2D eigenvalue weighted by molar-refractivity contribution is -0.145. The van der Waals surface area contributed by atoms with Crippen molar-refractivity contribution in [3.05, 3.63) is 12.2 Å². The molecule has 0 spiro atoms. The van der Waals surface area contributed by atoms with Crippen molar-refractivity contribution in [3.8, 4) is 0 Å². The molecular formula is C23H42O5. The summed E-state index contributed by atoms with van der Waals surface area (Å²) >= 11 is 0. The minimum Gasteiger partial charge on any atom is -0.463 e. The van der Waals surface area contributed by atoms with Gasteiger partial charge in [-0.2, -0.15) is 0 Å². The number of ketones is 1. The quantitative estimate of drug-likeness (QED) is 0.175. The maximum atomic E-state index is 11.4. The van der Waals surface area contributed by atoms with Gasteiger partial charge in [-0.05, 0) is 45.4 Å². The third-order valence-electron chi connectivity index (χ3n) is 4.69. The number of Topliss-reactive ketones (excluding diaryl/α,β-unsaturated/α-hetero) is 1. The van der Waals surface area contributed by atoms with Gasteiger partial charge in [0.15, 0.2) is 0 Å². The van der Waals surface area contributed by atoms with Crippen LogP contribution in [0.2, 0.25) is 0 Å². The fraction of sp³-hybridized carbons (Fsp3) is 0.826. The summed E-state index contributed by atoms with van der Waals surface area (Å²) in [5, 5.41) is 9.96. The molecule has 0 saturated heterocycles. The number of hydrogen-bond acceptors (Lipinski definition) is 5. The van der Waals surface area contributed by atoms with E-state index in [1.807, 2.05) is 0 Å². The molecule has 1 N–H and O–H groups in total. The van der Waals surface area contributed by atoms with Crippen molar-refractivity contribution in [1.29, 1.82) is 0 Å². The van der Waals surface area contributed by atoms with Crippen molar-refractivity contribution < 1.29 is 24.2 Å². The molecular weight excluding hydrogens is 356 g/mol. The number of ether oxygens (including phenoxy) is 2. The number of aliphatic hydroxyl groups is 1. The Bertz CT molecular complexity index is 406. The third kappa shape index (κ3) is 21.1. The SMILES string of the molecule is COCCOC(=O)CCCCCCCC=CC[C@H](O)CCCCCCC(C)=O. The van der Waals surface area contributed by atoms with Gasteiger partial charge in [-0.1, -0.05) is 50.7 Å². The smallest absolute Gasteiger partial charge is 0.305 e. The summed E-state index contributed by atoms with van der Waals surface area (Å²) in [4.78, 5) is 22.2. The number of rotatable bonds is 20. The average molecular weight is 399 g/mol. The standard InChI is InChI=1S/C23H42O5/c1-21(24)15-11-9-10-13-17-22(25)16-12-7-5-3-4-6-8-14-18-23(26)28-20-19-27-2/h7,12,22,25H,3-6,8-11,13-20H2,1-2H3/t22-/m0/s1. The molecule has 0 aromatic heterocycles. The molecule has 0 saturated carbocycles. The fourth-order valence-corrected chi connectivity index (χ4v) is 2.97. The van der Waals surface area contributed by atoms with Crippen LogP contribution in [-0.2, 0) is 19.1 Å². The highest BCUT2D eigenvalue weighted by Crippen LogP contribution is 2.11. The summed E-state index contributed by atoms with van der Waals surface area (Å²) in [6.07, 6.45) is 17.5. The molecule has 0 heterocycles. The molecule has 5 heteroatoms. The highest BCUT2D eigenvalue weighted by molar-refractivity contribution is 5.75. The number of esters is 1. The summed E-state index contributed by atoms with van der Waals surface area (Å²) in [6, 6.07) is 0. The molecule has 164 valence electrons. The molecule has 0 rings (SSSR count). The Morgan fingerprint density at radius 1 is 0.857 bits per heavy atom. The summed E-state index contributed by atoms with van der Waals surface area (Å²) in [6.45, 7) is 2.44. The van der Waals surface area contributed by atoms with E-state index in [2.05, 4.69) is 12.2 Å². The summed E-state index contributed by atoms with van der Waals surface area (Å²) in [5.74, 6) is 0.137. The number of carbonyl (C=O) groups excluding carboxylic acids is 2. The number of carbonyl (C=O) groups is 2. The average Bonchev–Trinajstić information content (AvgIpc) is 2.66. The van der Waals surface area contributed by atoms with Gasteiger partial charge in [0.25, 0.3) is 0 Å². The van der Waals surface area contributed by atoms with E-state index in [1.54, 1.807) is 14.0 Å². The zero-order chi connectivity index (χ0) is 20.9. The monoisotopic (exact) mass is 398 g/mol. The van der Waals surface area contributed by atoms with Crippen molar-refractivity contribution in [2.24, 2.45) is 0 Å². The van der Waals surface area contributed by atoms with Gasteiger partial charge in [0.2, 0.25) is 0 Å². The first-order valence-electron chi connectivity index (χ1n) is 11.0. The van der Waals surface area contributed by atoms with E-state index < -0.39 is 0 Å². The first-order chi connectivity index (χ1) is 13.6. The number of methoxy groups -OCH3 is 1. The molecule has 0 aromatic carbocycles. The highest BCUT2D eigenvalue weighted by Gasteiger charge is 2.03. The first kappa shape index (κ1) is 26.8. The molecule has 0 amide bonds. The lowest BCUT2D eigenvalue weighted by Crippen LogP contribution is -2.09. The minimum atomic E-state index is -0.243. The molecule has 0 aliphatic carbocycles. The Balaban J connectivity index is 3.34. The molecule has 0 bridgehead atoms. The van der Waals surface area contributed by atoms with Gasteiger partial charge in [0.1, 0.15) is 12.4 Å². The van der Waals surface area contributed by atoms with E-state index >= 15 is 0 Å². The van der Waals surface area contributed by atoms with Gasteiger partial charge in [-0.3, -0.25) is 4.79 Å². The normalized spacial score (nSPS) is 12.4. The molecule has 0 aliphatic rings. The van der Waals surface area contributed by atoms with E-state index in [1.165, 1.54) is 6.42 Å². The number of unbranched alkanes of at least 4 members (excludes halogenated alkanes) is 8. The first-order valence-corrected chi connectivity index (χ1v) is 11.0. The summed E-state index contributed by atoms with van der Waals surface area (Å²) in [7, 11) is 1.59. The second kappa shape index (κ2) is 20.5. The van der Waals surface area contributed by atoms with Crippen LogP contribution in [0, 0.1) is 0 Å². The van der Waals surface area contributed by atoms with Gasteiger partial charge >= 0.3 is 5.97 Å². The molecule has 1 atom stereocenters. The van der Waals surface area contributed by atoms with Crippen LogP contribution >= 0.6 is 0 Å². The van der Waals surface area contributed by atoms with E-state index in [0.717, 1.165) is 70.6 Å². The lowest BCUT2D eigenvalue weighted by atomic mass is 10.0. The zero-order valence-corrected chi connectivity index (χ0v) is 18.1. The van der Waals surface area contributed by atoms with Gasteiger partial charge in [-0.15, -0.1) is 0 Å². The molecule has 0 radical (unpaired) electrons. The Kier molecular flexibility index (Phi) is 19.7. The van der Waals surface area contributed by atoms with E-state index in [9.17, 15) is 14.7 Å². The van der Waals surface area contributed by atoms with Gasteiger partial charge in [0, 0.05) is 20.0 Å². The van der Waals surface area contributed by atoms with Crippen LogP contribution in [0.25, 0.3) is 0 Å². The van der Waals surface area contributed by atoms with Crippen molar-refractivity contribution in [1.82, 2.24) is 0 Å². The maximum Gasteiger partial charge on any atom is 0.305 e. The second-order valence-corrected chi connectivity index (χ2v) is 7.54. The van der Waals surface area contributed by atoms with Crippen LogP contribution in [0.5, 0.6) is 0 Å². The van der Waals surface area contributed by atoms with Crippen molar-refractivity contribution in [2.75, 3.05) is 20.3 Å². The maximum absolute atomic E-state index is 11.4. The van der Waals surface area contributed by atoms with Crippen LogP contribution in [0.1, 0.15) is 96.8 Å². The summed E-state index contributed by atoms with van der Waals surface area (Å²) in [5.41, 5.74) is 0. The number of hydrogen-bond donors (Lipinski definition) is 1. The van der Waals surface area contributed by atoms with Crippen LogP contribution in [0.3, 0.4) is 0 Å². The van der Waals surface area contributed by atoms with Crippen LogP contribution in [0.15, 0.2) is 12.2 Å². The predicted molar refractivity (Wildman–Crippen MR) is 113 cm³/mol. The third-order valence-corrected chi connectivity index (χ3v) is 4.69. The largest absolute Gasteiger partial charge is 0.463 e. The Hall–Kier alpha value is -1.20. The number of allylic oxidation sites excluding steroid dienone is 1. The van der Waals surface area contributed by atoms with Crippen molar-refractivity contribution in [2.45, 2.75) is 103 Å². The van der Waals surface area contributed by atoms with E-state index in [4.69, 9.17) is 9.47 Å². The predicted octanol–water partition coefficient (Wildman–Crippen LogP) is 5.14. The topological polar surface area (TPSA) is 72.8 Å². The van der Waals surface area contributed by atoms with Crippen LogP contribution in [0.4, 0.5) is 0 Å². The van der Waals surface area contributed by atoms with Crippen molar-refractivity contribution >= 4 is 11.8 Å². The van der Waals surface area contributed by atoms with Crippen LogP contribution < -0.4 is 0 Å². The van der Waals surface area contributed by atoms with Gasteiger partial charge < -0.3 is 19.4 Å². The minimum absolute atomic E-state index is 0.130. The lowest BCUT2D eigenvalue weighted by Gasteiger charge is -2.07. The molecule has 0 fully saturated rings.